The number of anilines is 1. The van der Waals surface area contributed by atoms with E-state index in [1.807, 2.05) is 6.92 Å². The normalized spacial score (nSPS) is 39.8. The highest BCUT2D eigenvalue weighted by Crippen LogP contribution is 2.86. The first kappa shape index (κ1) is 20.3. The van der Waals surface area contributed by atoms with Gasteiger partial charge in [-0.25, -0.2) is 0 Å². The van der Waals surface area contributed by atoms with Crippen LogP contribution >= 0.6 is 0 Å². The van der Waals surface area contributed by atoms with Gasteiger partial charge in [-0.3, -0.25) is 0 Å². The Morgan fingerprint density at radius 1 is 1.22 bits per heavy atom. The lowest BCUT2D eigenvalue weighted by Gasteiger charge is -2.80. The summed E-state index contributed by atoms with van der Waals surface area (Å²) in [6.45, 7) is 13.4. The van der Waals surface area contributed by atoms with E-state index in [0.717, 1.165) is 24.2 Å². The van der Waals surface area contributed by atoms with Gasteiger partial charge in [-0.2, -0.15) is 0 Å². The highest BCUT2D eigenvalue weighted by Gasteiger charge is 2.88. The lowest BCUT2D eigenvalue weighted by molar-refractivity contribution is -0.299. The van der Waals surface area contributed by atoms with Crippen molar-refractivity contribution in [2.24, 2.45) is 16.7 Å². The molecule has 1 N–H and O–H groups in total. The number of hydrogen-bond acceptors (Lipinski definition) is 3. The molecule has 2 spiro atoms. The zero-order valence-electron chi connectivity index (χ0n) is 19.7. The van der Waals surface area contributed by atoms with Crippen LogP contribution in [0.25, 0.3) is 0 Å². The van der Waals surface area contributed by atoms with Crippen LogP contribution in [0.5, 0.6) is 0 Å². The summed E-state index contributed by atoms with van der Waals surface area (Å²) in [5.41, 5.74) is 5.93. The highest BCUT2D eigenvalue weighted by molar-refractivity contribution is 5.65. The minimum absolute atomic E-state index is 0.00635. The van der Waals surface area contributed by atoms with Crippen molar-refractivity contribution in [3.63, 3.8) is 0 Å². The second-order valence-corrected chi connectivity index (χ2v) is 11.1. The standard InChI is InChI=1S/C29H33NO2/c1-19(2)13-14-21-16-20(18-30-23-11-7-6-8-12-23)24-25-28(32-26(3,4)31-25)15-9-10-22-17-27(21,5)29(22,24)28/h6-8,11-12,16,22,25,30H,1,9-10,15,17-18H2,2-5H3/t22-,25+,27-,28+,29+/m1/s1. The van der Waals surface area contributed by atoms with Crippen LogP contribution in [0, 0.1) is 28.6 Å². The molecule has 0 bridgehead atoms. The molecule has 1 aliphatic heterocycles. The maximum absolute atomic E-state index is 6.88. The van der Waals surface area contributed by atoms with Crippen molar-refractivity contribution in [2.45, 2.75) is 70.9 Å². The molecule has 0 unspecified atom stereocenters. The molecule has 4 aliphatic carbocycles. The van der Waals surface area contributed by atoms with E-state index in [1.54, 1.807) is 0 Å². The molecular weight excluding hydrogens is 394 g/mol. The van der Waals surface area contributed by atoms with Gasteiger partial charge in [0.2, 0.25) is 0 Å². The van der Waals surface area contributed by atoms with Crippen LogP contribution in [-0.2, 0) is 9.47 Å². The average molecular weight is 428 g/mol. The fourth-order valence-corrected chi connectivity index (χ4v) is 8.00. The fraction of sp³-hybridized carbons (Fsp3) is 0.517. The molecular formula is C29H33NO2. The van der Waals surface area contributed by atoms with Gasteiger partial charge < -0.3 is 14.8 Å². The maximum atomic E-state index is 6.88. The molecule has 0 radical (unpaired) electrons. The number of benzene rings is 1. The molecule has 0 amide bonds. The van der Waals surface area contributed by atoms with Gasteiger partial charge in [0.1, 0.15) is 11.7 Å². The maximum Gasteiger partial charge on any atom is 0.164 e. The number of nitrogens with one attached hydrogen (secondary N) is 1. The van der Waals surface area contributed by atoms with Crippen LogP contribution < -0.4 is 5.32 Å². The van der Waals surface area contributed by atoms with E-state index in [1.165, 1.54) is 36.0 Å². The predicted molar refractivity (Wildman–Crippen MR) is 128 cm³/mol. The third-order valence-electron chi connectivity index (χ3n) is 8.77. The molecule has 1 aromatic carbocycles. The number of fused-ring (bicyclic) bond motifs is 1. The van der Waals surface area contributed by atoms with Crippen molar-refractivity contribution in [3.05, 3.63) is 65.3 Å². The lowest BCUT2D eigenvalue weighted by Crippen LogP contribution is -2.83. The number of ether oxygens (including phenoxy) is 2. The SMILES string of the molecule is C=C(C)C#CC1=CC(CNc2ccccc2)=C2[C@@H]3OC(C)(C)O[C@@]34CCC[C@@H]3C[C@@]1(C)[C@@]234. The summed E-state index contributed by atoms with van der Waals surface area (Å²) in [4.78, 5) is 0. The van der Waals surface area contributed by atoms with Crippen LogP contribution in [-0.4, -0.2) is 24.0 Å². The summed E-state index contributed by atoms with van der Waals surface area (Å²) < 4.78 is 13.5. The Balaban J connectivity index is 1.50. The van der Waals surface area contributed by atoms with Crippen LogP contribution in [0.3, 0.4) is 0 Å². The molecule has 1 saturated heterocycles. The van der Waals surface area contributed by atoms with Gasteiger partial charge in [0.15, 0.2) is 5.79 Å². The van der Waals surface area contributed by atoms with Gasteiger partial charge in [0.05, 0.1) is 0 Å². The monoisotopic (exact) mass is 427 g/mol. The second-order valence-electron chi connectivity index (χ2n) is 11.1. The highest BCUT2D eigenvalue weighted by atomic mass is 16.8. The summed E-state index contributed by atoms with van der Waals surface area (Å²) in [6, 6.07) is 10.4. The predicted octanol–water partition coefficient (Wildman–Crippen LogP) is 6.02. The average Bonchev–Trinajstić information content (AvgIpc) is 2.94. The smallest absolute Gasteiger partial charge is 0.164 e. The number of para-hydroxylation sites is 1. The van der Waals surface area contributed by atoms with Crippen LogP contribution in [0.2, 0.25) is 0 Å². The summed E-state index contributed by atoms with van der Waals surface area (Å²) in [6.07, 6.45) is 7.18. The van der Waals surface area contributed by atoms with Crippen molar-refractivity contribution < 1.29 is 9.47 Å². The van der Waals surface area contributed by atoms with Gasteiger partial charge in [0, 0.05) is 28.6 Å². The molecule has 3 saturated carbocycles. The summed E-state index contributed by atoms with van der Waals surface area (Å²) in [5, 5.41) is 3.65. The quantitative estimate of drug-likeness (QED) is 0.599. The number of rotatable bonds is 3. The van der Waals surface area contributed by atoms with Gasteiger partial charge in [-0.1, -0.05) is 50.0 Å². The van der Waals surface area contributed by atoms with Gasteiger partial charge >= 0.3 is 0 Å². The molecule has 3 heteroatoms. The summed E-state index contributed by atoms with van der Waals surface area (Å²) >= 11 is 0. The third-order valence-corrected chi connectivity index (χ3v) is 8.77. The van der Waals surface area contributed by atoms with Crippen molar-refractivity contribution in [3.8, 4) is 11.8 Å². The molecule has 4 fully saturated rings. The van der Waals surface area contributed by atoms with Crippen molar-refractivity contribution in [2.75, 3.05) is 11.9 Å². The molecule has 3 nitrogen and oxygen atoms in total. The Hall–Kier alpha value is -2.28. The van der Waals surface area contributed by atoms with E-state index >= 15 is 0 Å². The van der Waals surface area contributed by atoms with Crippen molar-refractivity contribution in [1.29, 1.82) is 0 Å². The second kappa shape index (κ2) is 6.40. The number of hydrogen-bond donors (Lipinski definition) is 1. The molecule has 32 heavy (non-hydrogen) atoms. The van der Waals surface area contributed by atoms with E-state index in [2.05, 4.69) is 80.9 Å². The Morgan fingerprint density at radius 3 is 2.75 bits per heavy atom. The minimum atomic E-state index is -0.552. The van der Waals surface area contributed by atoms with E-state index in [0.29, 0.717) is 5.92 Å². The molecule has 1 aromatic rings. The molecule has 166 valence electrons. The van der Waals surface area contributed by atoms with Gasteiger partial charge in [-0.15, -0.1) is 0 Å². The molecule has 5 atom stereocenters. The number of allylic oxidation sites excluding steroid dienone is 2. The zero-order chi connectivity index (χ0) is 22.4. The van der Waals surface area contributed by atoms with Crippen LogP contribution in [0.1, 0.15) is 53.4 Å². The molecule has 1 heterocycles. The first-order valence-electron chi connectivity index (χ1n) is 12.0. The minimum Gasteiger partial charge on any atom is -0.381 e. The van der Waals surface area contributed by atoms with Gasteiger partial charge in [0.25, 0.3) is 0 Å². The van der Waals surface area contributed by atoms with Crippen LogP contribution in [0.15, 0.2) is 65.3 Å². The van der Waals surface area contributed by atoms with Crippen molar-refractivity contribution >= 4 is 5.69 Å². The molecule has 5 aliphatic rings. The topological polar surface area (TPSA) is 30.5 Å². The lowest BCUT2D eigenvalue weighted by atomic mass is 9.24. The van der Waals surface area contributed by atoms with Crippen molar-refractivity contribution in [1.82, 2.24) is 0 Å². The van der Waals surface area contributed by atoms with E-state index < -0.39 is 5.79 Å². The first-order chi connectivity index (χ1) is 15.2. The van der Waals surface area contributed by atoms with E-state index in [9.17, 15) is 0 Å². The molecule has 6 rings (SSSR count). The Morgan fingerprint density at radius 2 is 2.00 bits per heavy atom. The van der Waals surface area contributed by atoms with Crippen LogP contribution in [0.4, 0.5) is 5.69 Å². The Kier molecular flexibility index (Phi) is 4.07. The van der Waals surface area contributed by atoms with E-state index in [-0.39, 0.29) is 22.5 Å². The fourth-order valence-electron chi connectivity index (χ4n) is 8.00. The first-order valence-corrected chi connectivity index (χ1v) is 12.0. The summed E-state index contributed by atoms with van der Waals surface area (Å²) in [7, 11) is 0. The summed E-state index contributed by atoms with van der Waals surface area (Å²) in [5.74, 6) is 6.92. The zero-order valence-corrected chi connectivity index (χ0v) is 19.7. The Bertz CT molecular complexity index is 1130. The molecule has 0 aromatic heterocycles. The van der Waals surface area contributed by atoms with Gasteiger partial charge in [-0.05, 0) is 80.9 Å². The Labute approximate surface area is 192 Å². The largest absolute Gasteiger partial charge is 0.381 e. The third kappa shape index (κ3) is 2.30. The van der Waals surface area contributed by atoms with E-state index in [4.69, 9.17) is 9.47 Å².